The molecule has 2 aromatic heterocycles. The molecule has 2 aliphatic heterocycles. The quantitative estimate of drug-likeness (QED) is 0.452. The molecule has 1 aliphatic carbocycles. The van der Waals surface area contributed by atoms with Crippen molar-refractivity contribution in [2.75, 3.05) is 0 Å². The van der Waals surface area contributed by atoms with Gasteiger partial charge in [0.25, 0.3) is 5.84 Å². The summed E-state index contributed by atoms with van der Waals surface area (Å²) in [4.78, 5) is 15.1. The fourth-order valence-electron chi connectivity index (χ4n) is 3.81. The Hall–Kier alpha value is -3.16. The second-order valence-electron chi connectivity index (χ2n) is 7.18. The van der Waals surface area contributed by atoms with E-state index in [9.17, 15) is 0 Å². The number of benzene rings is 1. The Bertz CT molecular complexity index is 1410. The van der Waals surface area contributed by atoms with Crippen molar-refractivity contribution in [3.63, 3.8) is 0 Å². The molecule has 6 rings (SSSR count). The Balaban J connectivity index is 1.54. The van der Waals surface area contributed by atoms with Crippen LogP contribution in [0.3, 0.4) is 0 Å². The summed E-state index contributed by atoms with van der Waals surface area (Å²) in [5, 5.41) is 3.56. The molecule has 1 unspecified atom stereocenters. The van der Waals surface area contributed by atoms with E-state index < -0.39 is 0 Å². The third kappa shape index (κ3) is 2.45. The molecule has 7 heteroatoms. The van der Waals surface area contributed by atoms with Crippen LogP contribution in [0.1, 0.15) is 5.56 Å². The lowest BCUT2D eigenvalue weighted by Crippen LogP contribution is -2.53. The summed E-state index contributed by atoms with van der Waals surface area (Å²) in [7, 11) is 0. The van der Waals surface area contributed by atoms with E-state index in [-0.39, 0.29) is 4.59 Å². The normalized spacial score (nSPS) is 21.7. The van der Waals surface area contributed by atoms with E-state index in [1.165, 1.54) is 0 Å². The summed E-state index contributed by atoms with van der Waals surface area (Å²) in [5.41, 5.74) is 5.07. The molecule has 0 fully saturated rings. The van der Waals surface area contributed by atoms with Gasteiger partial charge in [-0.2, -0.15) is 10.8 Å². The van der Waals surface area contributed by atoms with Crippen LogP contribution in [0, 0.1) is 0 Å². The van der Waals surface area contributed by atoms with Gasteiger partial charge in [-0.05, 0) is 23.6 Å². The van der Waals surface area contributed by atoms with Crippen LogP contribution in [0.25, 0.3) is 21.5 Å². The van der Waals surface area contributed by atoms with Crippen LogP contribution in [0.4, 0.5) is 0 Å². The number of hydrogen-bond donors (Lipinski definition) is 1. The number of aromatic nitrogens is 1. The van der Waals surface area contributed by atoms with Crippen molar-refractivity contribution in [3.8, 4) is 10.6 Å². The lowest BCUT2D eigenvalue weighted by Gasteiger charge is -2.26. The summed E-state index contributed by atoms with van der Waals surface area (Å²) in [6.45, 7) is 0. The van der Waals surface area contributed by atoms with E-state index in [1.807, 2.05) is 60.1 Å². The van der Waals surface area contributed by atoms with E-state index in [0.717, 1.165) is 44.0 Å². The fraction of sp³-hybridized carbons (Fsp3) is 0. The number of pyridine rings is 1. The maximum atomic E-state index is 6.91. The summed E-state index contributed by atoms with van der Waals surface area (Å²) in [6.07, 6.45) is 11.3. The molecule has 30 heavy (non-hydrogen) atoms. The second-order valence-corrected chi connectivity index (χ2v) is 8.50. The molecule has 0 spiro atoms. The molecule has 3 aromatic rings. The molecular weight excluding hydrogens is 414 g/mol. The molecular formula is C23H15ClN5S+. The number of nitrogens with two attached hydrogens (primary N) is 1. The lowest BCUT2D eigenvalue weighted by molar-refractivity contribution is -0.750. The van der Waals surface area contributed by atoms with Crippen molar-refractivity contribution in [1.29, 1.82) is 0 Å². The Kier molecular flexibility index (Phi) is 3.78. The number of hydrogen-bond acceptors (Lipinski definition) is 5. The molecule has 0 saturated heterocycles. The maximum absolute atomic E-state index is 6.91. The van der Waals surface area contributed by atoms with Crippen LogP contribution in [-0.2, 0) is 0 Å². The SMILES string of the molecule is N[N+]12C=CN=CC1=C(C1=CC=C1)N=C2c1ccc2ccc(-c3cccs3)nc2c1Cl. The van der Waals surface area contributed by atoms with Gasteiger partial charge < -0.3 is 0 Å². The van der Waals surface area contributed by atoms with Gasteiger partial charge in [0.05, 0.1) is 39.1 Å². The van der Waals surface area contributed by atoms with Gasteiger partial charge in [-0.3, -0.25) is 4.99 Å². The molecule has 3 aliphatic rings. The predicted octanol–water partition coefficient (Wildman–Crippen LogP) is 5.33. The van der Waals surface area contributed by atoms with Crippen molar-refractivity contribution in [2.45, 2.75) is 0 Å². The van der Waals surface area contributed by atoms with E-state index >= 15 is 0 Å². The molecule has 0 bridgehead atoms. The highest BCUT2D eigenvalue weighted by Crippen LogP contribution is 2.39. The Morgan fingerprint density at radius 3 is 2.73 bits per heavy atom. The molecule has 0 saturated carbocycles. The number of aliphatic imine (C=N–C) groups is 2. The number of thiophene rings is 1. The van der Waals surface area contributed by atoms with E-state index in [2.05, 4.69) is 11.1 Å². The van der Waals surface area contributed by atoms with Gasteiger partial charge in [-0.1, -0.05) is 48.0 Å². The van der Waals surface area contributed by atoms with Crippen LogP contribution in [0.15, 0.2) is 99.4 Å². The zero-order valence-corrected chi connectivity index (χ0v) is 17.2. The third-order valence-electron chi connectivity index (χ3n) is 5.43. The standard InChI is InChI=1S/C23H15ClN5S/c24-20-16(8-6-15-7-9-17(27-22(15)20)19-5-2-12-30-19)23-28-21(14-3-1-4-14)18-13-26-10-11-29(18,23)25/h1-13H,25H2/q+1. The summed E-state index contributed by atoms with van der Waals surface area (Å²) >= 11 is 8.56. The predicted molar refractivity (Wildman–Crippen MR) is 123 cm³/mol. The van der Waals surface area contributed by atoms with Gasteiger partial charge >= 0.3 is 0 Å². The van der Waals surface area contributed by atoms with Crippen LogP contribution in [-0.4, -0.2) is 21.6 Å². The van der Waals surface area contributed by atoms with Crippen molar-refractivity contribution in [1.82, 2.24) is 4.98 Å². The average Bonchev–Trinajstić information content (AvgIpc) is 3.34. The minimum Gasteiger partial charge on any atom is -0.253 e. The average molecular weight is 429 g/mol. The van der Waals surface area contributed by atoms with Crippen LogP contribution < -0.4 is 5.84 Å². The maximum Gasteiger partial charge on any atom is 0.266 e. The van der Waals surface area contributed by atoms with Gasteiger partial charge in [0.15, 0.2) is 0 Å². The number of nitrogens with zero attached hydrogens (tertiary/aromatic N) is 4. The first-order valence-corrected chi connectivity index (χ1v) is 10.7. The molecule has 4 heterocycles. The monoisotopic (exact) mass is 428 g/mol. The number of fused-ring (bicyclic) bond motifs is 2. The van der Waals surface area contributed by atoms with Crippen molar-refractivity contribution in [2.24, 2.45) is 15.8 Å². The second kappa shape index (κ2) is 6.42. The minimum absolute atomic E-state index is 0.0696. The molecule has 1 aromatic carbocycles. The Morgan fingerprint density at radius 1 is 1.10 bits per heavy atom. The summed E-state index contributed by atoms with van der Waals surface area (Å²) in [5.74, 6) is 7.46. The van der Waals surface area contributed by atoms with Gasteiger partial charge in [-0.15, -0.1) is 15.9 Å². The van der Waals surface area contributed by atoms with E-state index in [0.29, 0.717) is 10.9 Å². The van der Waals surface area contributed by atoms with Gasteiger partial charge in [-0.25, -0.2) is 4.98 Å². The number of amidine groups is 1. The van der Waals surface area contributed by atoms with E-state index in [4.69, 9.17) is 27.4 Å². The molecule has 144 valence electrons. The highest BCUT2D eigenvalue weighted by molar-refractivity contribution is 7.13. The van der Waals surface area contributed by atoms with Crippen molar-refractivity contribution < 1.29 is 4.59 Å². The molecule has 5 nitrogen and oxygen atoms in total. The molecule has 1 atom stereocenters. The zero-order chi connectivity index (χ0) is 20.3. The van der Waals surface area contributed by atoms with Crippen molar-refractivity contribution >= 4 is 45.9 Å². The fourth-order valence-corrected chi connectivity index (χ4v) is 4.80. The van der Waals surface area contributed by atoms with Crippen molar-refractivity contribution in [3.05, 3.63) is 100.0 Å². The summed E-state index contributed by atoms with van der Waals surface area (Å²) < 4.78 is -0.0696. The Morgan fingerprint density at radius 2 is 1.97 bits per heavy atom. The number of halogens is 1. The number of quaternary nitrogens is 1. The third-order valence-corrected chi connectivity index (χ3v) is 6.71. The largest absolute Gasteiger partial charge is 0.266 e. The highest BCUT2D eigenvalue weighted by atomic mass is 35.5. The van der Waals surface area contributed by atoms with Crippen LogP contribution >= 0.6 is 22.9 Å². The first-order chi connectivity index (χ1) is 14.6. The first-order valence-electron chi connectivity index (χ1n) is 9.40. The number of allylic oxidation sites excluding steroid dienone is 4. The van der Waals surface area contributed by atoms with E-state index in [1.54, 1.807) is 23.8 Å². The van der Waals surface area contributed by atoms with Gasteiger partial charge in [0.2, 0.25) is 5.70 Å². The lowest BCUT2D eigenvalue weighted by atomic mass is 10.0. The highest BCUT2D eigenvalue weighted by Gasteiger charge is 2.45. The van der Waals surface area contributed by atoms with Crippen LogP contribution in [0.5, 0.6) is 0 Å². The first kappa shape index (κ1) is 17.7. The zero-order valence-electron chi connectivity index (χ0n) is 15.7. The number of rotatable bonds is 3. The molecule has 2 N–H and O–H groups in total. The van der Waals surface area contributed by atoms with Gasteiger partial charge in [0, 0.05) is 11.0 Å². The summed E-state index contributed by atoms with van der Waals surface area (Å²) in [6, 6.07) is 12.1. The topological polar surface area (TPSA) is 63.6 Å². The molecule has 0 radical (unpaired) electrons. The minimum atomic E-state index is -0.0696. The molecule has 0 amide bonds. The Labute approximate surface area is 181 Å². The van der Waals surface area contributed by atoms with Gasteiger partial charge in [0.1, 0.15) is 11.9 Å². The smallest absolute Gasteiger partial charge is 0.253 e. The van der Waals surface area contributed by atoms with Crippen LogP contribution in [0.2, 0.25) is 5.02 Å².